The van der Waals surface area contributed by atoms with E-state index >= 15 is 0 Å². The van der Waals surface area contributed by atoms with Gasteiger partial charge in [-0.3, -0.25) is 4.79 Å². The maximum atomic E-state index is 12.0. The smallest absolute Gasteiger partial charge is 0.315 e. The number of fused-ring (bicyclic) bond motifs is 1. The van der Waals surface area contributed by atoms with Crippen LogP contribution in [0, 0.1) is 0 Å². The Labute approximate surface area is 123 Å². The van der Waals surface area contributed by atoms with Gasteiger partial charge in [0.2, 0.25) is 0 Å². The molecule has 0 aliphatic carbocycles. The van der Waals surface area contributed by atoms with Gasteiger partial charge in [-0.15, -0.1) is 0 Å². The molecule has 0 unspecified atom stereocenters. The Bertz CT molecular complexity index is 698. The number of aromatic nitrogens is 1. The largest absolute Gasteiger partial charge is 0.338 e. The SMILES string of the molecule is CC(C)(C)NC(=O)NCCc1cc2ccccc2[nH]c1=O. The number of urea groups is 1. The van der Waals surface area contributed by atoms with Crippen molar-refractivity contribution >= 4 is 16.9 Å². The number of carbonyl (C=O) groups is 1. The number of hydrogen-bond acceptors (Lipinski definition) is 2. The summed E-state index contributed by atoms with van der Waals surface area (Å²) in [5.41, 5.74) is 1.12. The maximum absolute atomic E-state index is 12.0. The summed E-state index contributed by atoms with van der Waals surface area (Å²) in [4.78, 5) is 26.4. The number of para-hydroxylation sites is 1. The number of carbonyl (C=O) groups excluding carboxylic acids is 1. The highest BCUT2D eigenvalue weighted by Crippen LogP contribution is 2.10. The first-order chi connectivity index (χ1) is 9.85. The van der Waals surface area contributed by atoms with E-state index in [1.165, 1.54) is 0 Å². The Kier molecular flexibility index (Phi) is 4.31. The monoisotopic (exact) mass is 287 g/mol. The van der Waals surface area contributed by atoms with Gasteiger partial charge in [0.05, 0.1) is 0 Å². The third-order valence-corrected chi connectivity index (χ3v) is 3.00. The fourth-order valence-electron chi connectivity index (χ4n) is 2.07. The minimum Gasteiger partial charge on any atom is -0.338 e. The minimum absolute atomic E-state index is 0.105. The topological polar surface area (TPSA) is 74.0 Å². The van der Waals surface area contributed by atoms with Crippen molar-refractivity contribution in [2.75, 3.05) is 6.54 Å². The molecule has 2 amide bonds. The lowest BCUT2D eigenvalue weighted by molar-refractivity contribution is 0.232. The molecule has 2 rings (SSSR count). The van der Waals surface area contributed by atoms with E-state index in [2.05, 4.69) is 15.6 Å². The summed E-state index contributed by atoms with van der Waals surface area (Å²) in [7, 11) is 0. The first-order valence-corrected chi connectivity index (χ1v) is 7.02. The number of rotatable bonds is 3. The van der Waals surface area contributed by atoms with Crippen LogP contribution in [-0.2, 0) is 6.42 Å². The van der Waals surface area contributed by atoms with Crippen molar-refractivity contribution < 1.29 is 4.79 Å². The highest BCUT2D eigenvalue weighted by Gasteiger charge is 2.13. The predicted octanol–water partition coefficient (Wildman–Crippen LogP) is 2.17. The van der Waals surface area contributed by atoms with Gasteiger partial charge in [-0.1, -0.05) is 18.2 Å². The lowest BCUT2D eigenvalue weighted by Crippen LogP contribution is -2.47. The maximum Gasteiger partial charge on any atom is 0.315 e. The summed E-state index contributed by atoms with van der Waals surface area (Å²) in [6.07, 6.45) is 0.498. The van der Waals surface area contributed by atoms with Gasteiger partial charge >= 0.3 is 6.03 Å². The molecule has 0 bridgehead atoms. The number of aromatic amines is 1. The van der Waals surface area contributed by atoms with Crippen molar-refractivity contribution in [2.45, 2.75) is 32.7 Å². The third kappa shape index (κ3) is 4.34. The standard InChI is InChI=1S/C16H21N3O2/c1-16(2,3)19-15(21)17-9-8-12-10-11-6-4-5-7-13(11)18-14(12)20/h4-7,10H,8-9H2,1-3H3,(H,18,20)(H2,17,19,21). The average molecular weight is 287 g/mol. The van der Waals surface area contributed by atoms with Crippen molar-refractivity contribution in [1.29, 1.82) is 0 Å². The van der Waals surface area contributed by atoms with Gasteiger partial charge < -0.3 is 15.6 Å². The molecule has 0 radical (unpaired) electrons. The van der Waals surface area contributed by atoms with Crippen molar-refractivity contribution in [1.82, 2.24) is 15.6 Å². The number of amides is 2. The second-order valence-corrected chi connectivity index (χ2v) is 6.09. The molecular formula is C16H21N3O2. The second-order valence-electron chi connectivity index (χ2n) is 6.09. The van der Waals surface area contributed by atoms with Crippen molar-refractivity contribution in [3.05, 3.63) is 46.2 Å². The summed E-state index contributed by atoms with van der Waals surface area (Å²) in [5.74, 6) is 0. The van der Waals surface area contributed by atoms with Crippen LogP contribution in [0.5, 0.6) is 0 Å². The van der Waals surface area contributed by atoms with E-state index in [1.54, 1.807) is 0 Å². The summed E-state index contributed by atoms with van der Waals surface area (Å²) in [5, 5.41) is 6.57. The molecule has 21 heavy (non-hydrogen) atoms. The van der Waals surface area contributed by atoms with E-state index < -0.39 is 0 Å². The molecule has 3 N–H and O–H groups in total. The van der Waals surface area contributed by atoms with Gasteiger partial charge in [-0.05, 0) is 44.7 Å². The zero-order valence-electron chi connectivity index (χ0n) is 12.6. The molecule has 0 aliphatic rings. The van der Waals surface area contributed by atoms with Crippen LogP contribution in [0.2, 0.25) is 0 Å². The molecule has 0 aliphatic heterocycles. The van der Waals surface area contributed by atoms with Crippen LogP contribution >= 0.6 is 0 Å². The molecule has 0 saturated carbocycles. The van der Waals surface area contributed by atoms with Crippen LogP contribution in [0.4, 0.5) is 4.79 Å². The van der Waals surface area contributed by atoms with Crippen molar-refractivity contribution in [3.8, 4) is 0 Å². The molecule has 0 atom stereocenters. The van der Waals surface area contributed by atoms with E-state index in [9.17, 15) is 9.59 Å². The van der Waals surface area contributed by atoms with Crippen LogP contribution < -0.4 is 16.2 Å². The Morgan fingerprint density at radius 2 is 1.95 bits per heavy atom. The van der Waals surface area contributed by atoms with Gasteiger partial charge in [0, 0.05) is 23.2 Å². The molecule has 1 aromatic carbocycles. The lowest BCUT2D eigenvalue weighted by Gasteiger charge is -2.20. The van der Waals surface area contributed by atoms with Crippen LogP contribution in [0.1, 0.15) is 26.3 Å². The molecule has 5 heteroatoms. The predicted molar refractivity (Wildman–Crippen MR) is 84.6 cm³/mol. The minimum atomic E-state index is -0.273. The molecule has 0 spiro atoms. The van der Waals surface area contributed by atoms with E-state index in [1.807, 2.05) is 51.1 Å². The molecule has 112 valence electrons. The first kappa shape index (κ1) is 15.1. The molecule has 0 saturated heterocycles. The summed E-state index contributed by atoms with van der Waals surface area (Å²) in [6.45, 7) is 6.17. The fourth-order valence-corrected chi connectivity index (χ4v) is 2.07. The Morgan fingerprint density at radius 1 is 1.24 bits per heavy atom. The second kappa shape index (κ2) is 5.99. The molecule has 1 aromatic heterocycles. The van der Waals surface area contributed by atoms with Crippen LogP contribution in [0.25, 0.3) is 10.9 Å². The Balaban J connectivity index is 1.99. The van der Waals surface area contributed by atoms with Gasteiger partial charge in [-0.25, -0.2) is 4.79 Å². The van der Waals surface area contributed by atoms with Crippen LogP contribution in [0.15, 0.2) is 35.1 Å². The third-order valence-electron chi connectivity index (χ3n) is 3.00. The van der Waals surface area contributed by atoms with Gasteiger partial charge in [0.15, 0.2) is 0 Å². The van der Waals surface area contributed by atoms with Gasteiger partial charge in [-0.2, -0.15) is 0 Å². The highest BCUT2D eigenvalue weighted by atomic mass is 16.2. The number of benzene rings is 1. The quantitative estimate of drug-likeness (QED) is 0.809. The van der Waals surface area contributed by atoms with E-state index in [0.29, 0.717) is 18.5 Å². The van der Waals surface area contributed by atoms with Crippen LogP contribution in [0.3, 0.4) is 0 Å². The summed E-state index contributed by atoms with van der Waals surface area (Å²) < 4.78 is 0. The normalized spacial score (nSPS) is 11.4. The number of nitrogens with one attached hydrogen (secondary N) is 3. The zero-order chi connectivity index (χ0) is 15.5. The highest BCUT2D eigenvalue weighted by molar-refractivity contribution is 5.78. The Hall–Kier alpha value is -2.30. The molecule has 1 heterocycles. The van der Waals surface area contributed by atoms with Gasteiger partial charge in [0.25, 0.3) is 5.56 Å². The van der Waals surface area contributed by atoms with Gasteiger partial charge in [0.1, 0.15) is 0 Å². The molecule has 2 aromatic rings. The van der Waals surface area contributed by atoms with E-state index in [0.717, 1.165) is 10.9 Å². The number of hydrogen-bond donors (Lipinski definition) is 3. The molecular weight excluding hydrogens is 266 g/mol. The molecule has 0 fully saturated rings. The lowest BCUT2D eigenvalue weighted by atomic mass is 10.1. The first-order valence-electron chi connectivity index (χ1n) is 7.02. The zero-order valence-corrected chi connectivity index (χ0v) is 12.6. The van der Waals surface area contributed by atoms with Crippen LogP contribution in [-0.4, -0.2) is 23.1 Å². The summed E-state index contributed by atoms with van der Waals surface area (Å²) in [6, 6.07) is 9.29. The van der Waals surface area contributed by atoms with Crippen molar-refractivity contribution in [3.63, 3.8) is 0 Å². The number of pyridine rings is 1. The van der Waals surface area contributed by atoms with E-state index in [4.69, 9.17) is 0 Å². The van der Waals surface area contributed by atoms with E-state index in [-0.39, 0.29) is 17.1 Å². The average Bonchev–Trinajstić information content (AvgIpc) is 2.37. The number of H-pyrrole nitrogens is 1. The Morgan fingerprint density at radius 3 is 2.67 bits per heavy atom. The van der Waals surface area contributed by atoms with Crippen molar-refractivity contribution in [2.24, 2.45) is 0 Å². The fraction of sp³-hybridized carbons (Fsp3) is 0.375. The molecule has 5 nitrogen and oxygen atoms in total. The summed E-state index contributed by atoms with van der Waals surface area (Å²) >= 11 is 0.